The number of carbonyl (C=O) groups is 1. The van der Waals surface area contributed by atoms with E-state index in [9.17, 15) is 4.79 Å². The molecule has 1 amide bonds. The number of aromatic nitrogens is 2. The molecule has 0 unspecified atom stereocenters. The van der Waals surface area contributed by atoms with Crippen molar-refractivity contribution in [1.82, 2.24) is 19.8 Å². The summed E-state index contributed by atoms with van der Waals surface area (Å²) in [5.41, 5.74) is 6.19. The molecule has 4 aromatic rings. The van der Waals surface area contributed by atoms with Crippen LogP contribution in [0.4, 0.5) is 23.0 Å². The fraction of sp³-hybridized carbons (Fsp3) is 0.361. The maximum atomic E-state index is 13.6. The maximum absolute atomic E-state index is 13.6. The highest BCUT2D eigenvalue weighted by molar-refractivity contribution is 6.06. The number of piperazine rings is 1. The standard InChI is InChI=1S/C36H45N7O2/c1-6-42(7-2)19-18-28-12-9-13-31(24-28)45-35-32(34(44)39-33-26(3)10-8-11-27(33)4)25-37-36(40-35)38-29-14-16-30(17-15-29)43-22-20-41(5)21-23-43/h8-17,24-25H,6-7,18-23H2,1-5H3,(H,39,44)(H,37,38,40). The first kappa shape index (κ1) is 31.9. The van der Waals surface area contributed by atoms with Crippen molar-refractivity contribution >= 4 is 28.9 Å². The normalized spacial score (nSPS) is 13.6. The number of nitrogens with one attached hydrogen (secondary N) is 2. The third-order valence-corrected chi connectivity index (χ3v) is 8.43. The summed E-state index contributed by atoms with van der Waals surface area (Å²) in [4.78, 5) is 29.9. The number of aryl methyl sites for hydroxylation is 2. The number of anilines is 4. The predicted octanol–water partition coefficient (Wildman–Crippen LogP) is 6.52. The van der Waals surface area contributed by atoms with Gasteiger partial charge >= 0.3 is 0 Å². The van der Waals surface area contributed by atoms with Crippen LogP contribution >= 0.6 is 0 Å². The minimum atomic E-state index is -0.330. The minimum absolute atomic E-state index is 0.186. The number of para-hydroxylation sites is 1. The molecule has 9 heteroatoms. The molecule has 2 heterocycles. The molecule has 1 aliphatic rings. The van der Waals surface area contributed by atoms with Crippen LogP contribution < -0.4 is 20.3 Å². The molecular weight excluding hydrogens is 562 g/mol. The van der Waals surface area contributed by atoms with Crippen LogP contribution in [-0.4, -0.2) is 78.5 Å². The Balaban J connectivity index is 1.38. The quantitative estimate of drug-likeness (QED) is 0.188. The molecule has 0 bridgehead atoms. The molecule has 0 spiro atoms. The lowest BCUT2D eigenvalue weighted by atomic mass is 10.1. The highest BCUT2D eigenvalue weighted by atomic mass is 16.5. The largest absolute Gasteiger partial charge is 0.438 e. The van der Waals surface area contributed by atoms with E-state index in [0.29, 0.717) is 11.7 Å². The Labute approximate surface area is 267 Å². The third-order valence-electron chi connectivity index (χ3n) is 8.43. The summed E-state index contributed by atoms with van der Waals surface area (Å²) in [6.07, 6.45) is 2.43. The van der Waals surface area contributed by atoms with Crippen molar-refractivity contribution < 1.29 is 9.53 Å². The van der Waals surface area contributed by atoms with Gasteiger partial charge in [0.25, 0.3) is 5.91 Å². The van der Waals surface area contributed by atoms with Crippen LogP contribution in [0.2, 0.25) is 0 Å². The average Bonchev–Trinajstić information content (AvgIpc) is 3.04. The van der Waals surface area contributed by atoms with Crippen LogP contribution in [0.25, 0.3) is 0 Å². The molecule has 9 nitrogen and oxygen atoms in total. The molecule has 5 rings (SSSR count). The van der Waals surface area contributed by atoms with Gasteiger partial charge in [0.05, 0.1) is 0 Å². The van der Waals surface area contributed by atoms with Gasteiger partial charge in [0.1, 0.15) is 11.3 Å². The molecule has 1 saturated heterocycles. The number of ether oxygens (including phenoxy) is 1. The zero-order valence-electron chi connectivity index (χ0n) is 27.1. The lowest BCUT2D eigenvalue weighted by Gasteiger charge is -2.34. The summed E-state index contributed by atoms with van der Waals surface area (Å²) >= 11 is 0. The fourth-order valence-electron chi connectivity index (χ4n) is 5.50. The van der Waals surface area contributed by atoms with E-state index in [1.54, 1.807) is 0 Å². The lowest BCUT2D eigenvalue weighted by Crippen LogP contribution is -2.44. The second-order valence-electron chi connectivity index (χ2n) is 11.6. The highest BCUT2D eigenvalue weighted by Gasteiger charge is 2.20. The van der Waals surface area contributed by atoms with Gasteiger partial charge in [-0.1, -0.05) is 44.2 Å². The van der Waals surface area contributed by atoms with Crippen molar-refractivity contribution in [2.75, 3.05) is 68.4 Å². The van der Waals surface area contributed by atoms with Gasteiger partial charge in [-0.2, -0.15) is 4.98 Å². The van der Waals surface area contributed by atoms with E-state index in [1.165, 1.54) is 11.9 Å². The van der Waals surface area contributed by atoms with E-state index in [0.717, 1.165) is 80.3 Å². The van der Waals surface area contributed by atoms with Crippen molar-refractivity contribution in [2.24, 2.45) is 0 Å². The number of amides is 1. The molecule has 0 aliphatic carbocycles. The number of hydrogen-bond donors (Lipinski definition) is 2. The summed E-state index contributed by atoms with van der Waals surface area (Å²) in [7, 11) is 2.16. The van der Waals surface area contributed by atoms with Crippen molar-refractivity contribution in [2.45, 2.75) is 34.1 Å². The molecular formula is C36H45N7O2. The molecule has 0 radical (unpaired) electrons. The Morgan fingerprint density at radius 3 is 2.31 bits per heavy atom. The topological polar surface area (TPSA) is 85.9 Å². The maximum Gasteiger partial charge on any atom is 0.262 e. The van der Waals surface area contributed by atoms with Gasteiger partial charge in [-0.25, -0.2) is 4.98 Å². The molecule has 45 heavy (non-hydrogen) atoms. The van der Waals surface area contributed by atoms with E-state index in [2.05, 4.69) is 69.4 Å². The van der Waals surface area contributed by atoms with Crippen molar-refractivity contribution in [1.29, 1.82) is 0 Å². The highest BCUT2D eigenvalue weighted by Crippen LogP contribution is 2.29. The van der Waals surface area contributed by atoms with Crippen LogP contribution in [-0.2, 0) is 6.42 Å². The van der Waals surface area contributed by atoms with Gasteiger partial charge in [-0.3, -0.25) is 4.79 Å². The Kier molecular flexibility index (Phi) is 10.7. The number of benzene rings is 3. The van der Waals surface area contributed by atoms with Gasteiger partial charge in [-0.15, -0.1) is 0 Å². The predicted molar refractivity (Wildman–Crippen MR) is 183 cm³/mol. The lowest BCUT2D eigenvalue weighted by molar-refractivity contribution is 0.102. The number of likely N-dealkylation sites (N-methyl/N-ethyl adjacent to an activating group) is 2. The number of hydrogen-bond acceptors (Lipinski definition) is 8. The Morgan fingerprint density at radius 1 is 0.933 bits per heavy atom. The smallest absolute Gasteiger partial charge is 0.262 e. The van der Waals surface area contributed by atoms with E-state index in [1.807, 2.05) is 62.4 Å². The number of rotatable bonds is 12. The second-order valence-corrected chi connectivity index (χ2v) is 11.6. The molecule has 0 saturated carbocycles. The minimum Gasteiger partial charge on any atom is -0.438 e. The number of nitrogens with zero attached hydrogens (tertiary/aromatic N) is 5. The molecule has 1 aromatic heterocycles. The monoisotopic (exact) mass is 607 g/mol. The van der Waals surface area contributed by atoms with E-state index in [4.69, 9.17) is 9.72 Å². The molecule has 1 aliphatic heterocycles. The van der Waals surface area contributed by atoms with Gasteiger partial charge in [0.15, 0.2) is 0 Å². The average molecular weight is 608 g/mol. The van der Waals surface area contributed by atoms with Crippen LogP contribution in [0.3, 0.4) is 0 Å². The van der Waals surface area contributed by atoms with E-state index in [-0.39, 0.29) is 17.4 Å². The van der Waals surface area contributed by atoms with Crippen LogP contribution in [0.1, 0.15) is 40.9 Å². The molecule has 3 aromatic carbocycles. The summed E-state index contributed by atoms with van der Waals surface area (Å²) in [6.45, 7) is 15.4. The summed E-state index contributed by atoms with van der Waals surface area (Å²) < 4.78 is 6.34. The molecule has 1 fully saturated rings. The van der Waals surface area contributed by atoms with Crippen LogP contribution in [0.5, 0.6) is 11.6 Å². The first-order valence-corrected chi connectivity index (χ1v) is 15.9. The van der Waals surface area contributed by atoms with E-state index >= 15 is 0 Å². The molecule has 2 N–H and O–H groups in total. The fourth-order valence-corrected chi connectivity index (χ4v) is 5.50. The van der Waals surface area contributed by atoms with Crippen molar-refractivity contribution in [3.63, 3.8) is 0 Å². The van der Waals surface area contributed by atoms with Gasteiger partial charge in [0, 0.05) is 56.0 Å². The van der Waals surface area contributed by atoms with Gasteiger partial charge in [-0.05, 0) is 93.5 Å². The van der Waals surface area contributed by atoms with Gasteiger partial charge < -0.3 is 30.1 Å². The first-order valence-electron chi connectivity index (χ1n) is 15.9. The van der Waals surface area contributed by atoms with Crippen molar-refractivity contribution in [3.05, 3.63) is 95.2 Å². The zero-order chi connectivity index (χ0) is 31.8. The third kappa shape index (κ3) is 8.38. The molecule has 236 valence electrons. The second kappa shape index (κ2) is 15.0. The summed E-state index contributed by atoms with van der Waals surface area (Å²) in [5, 5.41) is 6.35. The Hall–Kier alpha value is -4.47. The Bertz CT molecular complexity index is 1560. The van der Waals surface area contributed by atoms with Crippen LogP contribution in [0.15, 0.2) is 72.9 Å². The molecule has 0 atom stereocenters. The SMILES string of the molecule is CCN(CC)CCc1cccc(Oc2nc(Nc3ccc(N4CCN(C)CC4)cc3)ncc2C(=O)Nc2c(C)cccc2C)c1. The van der Waals surface area contributed by atoms with Crippen molar-refractivity contribution in [3.8, 4) is 11.6 Å². The van der Waals surface area contributed by atoms with Crippen LogP contribution in [0, 0.1) is 13.8 Å². The first-order chi connectivity index (χ1) is 21.8. The number of carbonyl (C=O) groups excluding carboxylic acids is 1. The van der Waals surface area contributed by atoms with E-state index < -0.39 is 0 Å². The zero-order valence-corrected chi connectivity index (χ0v) is 27.1. The summed E-state index contributed by atoms with van der Waals surface area (Å²) in [5.74, 6) is 0.822. The summed E-state index contributed by atoms with van der Waals surface area (Å²) in [6, 6.07) is 22.2. The van der Waals surface area contributed by atoms with Gasteiger partial charge in [0.2, 0.25) is 11.8 Å². The Morgan fingerprint density at radius 2 is 1.62 bits per heavy atom.